The minimum Gasteiger partial charge on any atom is -0.493 e. The van der Waals surface area contributed by atoms with Crippen LogP contribution in [0.15, 0.2) is 73.8 Å². The van der Waals surface area contributed by atoms with Crippen LogP contribution in [0.25, 0.3) is 0 Å². The summed E-state index contributed by atoms with van der Waals surface area (Å²) in [5, 5.41) is 36.9. The Morgan fingerprint density at radius 1 is 0.857 bits per heavy atom. The Balaban J connectivity index is 1.77. The molecular formula is C27H30N6O2. The molecule has 0 aliphatic heterocycles. The number of azo groups is 2. The summed E-state index contributed by atoms with van der Waals surface area (Å²) in [6.07, 6.45) is 4.94. The molecule has 0 bridgehead atoms. The normalized spacial score (nSPS) is 11.4. The van der Waals surface area contributed by atoms with Crippen molar-refractivity contribution < 1.29 is 5.11 Å². The van der Waals surface area contributed by atoms with Crippen molar-refractivity contribution in [2.24, 2.45) is 20.5 Å². The third-order valence-electron chi connectivity index (χ3n) is 5.66. The largest absolute Gasteiger partial charge is 0.493 e. The summed E-state index contributed by atoms with van der Waals surface area (Å²) in [4.78, 5) is 12.5. The molecule has 180 valence electrons. The van der Waals surface area contributed by atoms with Gasteiger partial charge in [0, 0.05) is 12.1 Å². The summed E-state index contributed by atoms with van der Waals surface area (Å²) in [7, 11) is 0. The molecule has 0 saturated carbocycles. The molecule has 0 radical (unpaired) electrons. The number of aromatic hydroxyl groups is 1. The number of hydrogen-bond acceptors (Lipinski definition) is 7. The molecular weight excluding hydrogens is 440 g/mol. The van der Waals surface area contributed by atoms with Crippen LogP contribution in [0.3, 0.4) is 0 Å². The van der Waals surface area contributed by atoms with Gasteiger partial charge >= 0.3 is 0 Å². The lowest BCUT2D eigenvalue weighted by Crippen LogP contribution is -2.23. The van der Waals surface area contributed by atoms with Gasteiger partial charge in [-0.05, 0) is 68.1 Å². The van der Waals surface area contributed by atoms with Crippen LogP contribution in [0.5, 0.6) is 5.88 Å². The van der Waals surface area contributed by atoms with Crippen LogP contribution in [0, 0.1) is 18.3 Å². The molecule has 1 N–H and O–H groups in total. The highest BCUT2D eigenvalue weighted by atomic mass is 16.3. The minimum absolute atomic E-state index is 0.0398. The number of rotatable bonds is 10. The van der Waals surface area contributed by atoms with Gasteiger partial charge in [-0.3, -0.25) is 9.36 Å². The molecule has 0 fully saturated rings. The molecule has 0 aliphatic carbocycles. The van der Waals surface area contributed by atoms with E-state index in [1.807, 2.05) is 25.1 Å². The maximum Gasteiger partial charge on any atom is 0.271 e. The fraction of sp³-hybridized carbons (Fsp3) is 0.333. The first-order valence-corrected chi connectivity index (χ1v) is 11.9. The number of nitriles is 1. The van der Waals surface area contributed by atoms with Crippen LogP contribution in [0.1, 0.15) is 56.2 Å². The third kappa shape index (κ3) is 6.48. The van der Waals surface area contributed by atoms with Gasteiger partial charge in [0.2, 0.25) is 5.88 Å². The molecule has 2 aromatic carbocycles. The lowest BCUT2D eigenvalue weighted by atomic mass is 10.1. The number of hydrogen-bond donors (Lipinski definition) is 1. The number of benzene rings is 2. The number of nitrogens with zero attached hydrogens (tertiary/aromatic N) is 6. The first kappa shape index (κ1) is 25.5. The first-order valence-electron chi connectivity index (χ1n) is 11.9. The SMILES string of the molecule is CCCCc1ccc(/N=N/c2ccc(/N=N/c3c(C)c(C#N)c(=O)n(CCCC)c3O)cc2)cc1. The van der Waals surface area contributed by atoms with Crippen LogP contribution in [-0.4, -0.2) is 9.67 Å². The zero-order valence-corrected chi connectivity index (χ0v) is 20.4. The van der Waals surface area contributed by atoms with Gasteiger partial charge < -0.3 is 5.11 Å². The van der Waals surface area contributed by atoms with Crippen LogP contribution >= 0.6 is 0 Å². The summed E-state index contributed by atoms with van der Waals surface area (Å²) in [5.74, 6) is -0.283. The van der Waals surface area contributed by atoms with Gasteiger partial charge in [-0.1, -0.05) is 38.8 Å². The van der Waals surface area contributed by atoms with Crippen molar-refractivity contribution in [1.82, 2.24) is 4.57 Å². The van der Waals surface area contributed by atoms with Crippen molar-refractivity contribution in [1.29, 1.82) is 5.26 Å². The summed E-state index contributed by atoms with van der Waals surface area (Å²) in [6.45, 7) is 6.05. The van der Waals surface area contributed by atoms with Gasteiger partial charge in [-0.2, -0.15) is 20.6 Å². The molecule has 8 heteroatoms. The Hall–Kier alpha value is -4.12. The third-order valence-corrected chi connectivity index (χ3v) is 5.66. The zero-order chi connectivity index (χ0) is 25.2. The summed E-state index contributed by atoms with van der Waals surface area (Å²) in [5.41, 5.74) is 3.14. The van der Waals surface area contributed by atoms with Gasteiger partial charge in [-0.25, -0.2) is 0 Å². The summed E-state index contributed by atoms with van der Waals surface area (Å²) >= 11 is 0. The summed E-state index contributed by atoms with van der Waals surface area (Å²) < 4.78 is 1.18. The van der Waals surface area contributed by atoms with Crippen molar-refractivity contribution in [3.8, 4) is 11.9 Å². The Morgan fingerprint density at radius 3 is 1.89 bits per heavy atom. The zero-order valence-electron chi connectivity index (χ0n) is 20.4. The Bertz CT molecular complexity index is 1300. The molecule has 0 spiro atoms. The smallest absolute Gasteiger partial charge is 0.271 e. The van der Waals surface area contributed by atoms with E-state index in [1.54, 1.807) is 31.2 Å². The van der Waals surface area contributed by atoms with E-state index in [9.17, 15) is 15.2 Å². The highest BCUT2D eigenvalue weighted by Crippen LogP contribution is 2.32. The molecule has 1 aromatic heterocycles. The van der Waals surface area contributed by atoms with Crippen molar-refractivity contribution in [2.45, 2.75) is 59.4 Å². The molecule has 35 heavy (non-hydrogen) atoms. The van der Waals surface area contributed by atoms with Crippen LogP contribution in [0.4, 0.5) is 22.7 Å². The van der Waals surface area contributed by atoms with Gasteiger partial charge in [0.1, 0.15) is 11.6 Å². The quantitative estimate of drug-likeness (QED) is 0.306. The lowest BCUT2D eigenvalue weighted by molar-refractivity contribution is 0.402. The molecule has 0 saturated heterocycles. The second-order valence-electron chi connectivity index (χ2n) is 8.28. The van der Waals surface area contributed by atoms with Gasteiger partial charge in [0.05, 0.1) is 17.1 Å². The van der Waals surface area contributed by atoms with Crippen molar-refractivity contribution in [3.05, 3.63) is 75.6 Å². The molecule has 0 amide bonds. The monoisotopic (exact) mass is 470 g/mol. The lowest BCUT2D eigenvalue weighted by Gasteiger charge is -2.12. The predicted molar refractivity (Wildman–Crippen MR) is 137 cm³/mol. The highest BCUT2D eigenvalue weighted by Gasteiger charge is 2.18. The van der Waals surface area contributed by atoms with E-state index in [1.165, 1.54) is 23.0 Å². The first-order chi connectivity index (χ1) is 17.0. The molecule has 0 atom stereocenters. The number of aryl methyl sites for hydroxylation is 1. The van der Waals surface area contributed by atoms with Crippen LogP contribution in [0.2, 0.25) is 0 Å². The van der Waals surface area contributed by atoms with E-state index < -0.39 is 5.56 Å². The van der Waals surface area contributed by atoms with Crippen molar-refractivity contribution in [3.63, 3.8) is 0 Å². The van der Waals surface area contributed by atoms with E-state index >= 15 is 0 Å². The average molecular weight is 471 g/mol. The molecule has 0 unspecified atom stereocenters. The predicted octanol–water partition coefficient (Wildman–Crippen LogP) is 7.71. The van der Waals surface area contributed by atoms with Crippen LogP contribution in [-0.2, 0) is 13.0 Å². The maximum atomic E-state index is 12.5. The Labute approximate surface area is 205 Å². The minimum atomic E-state index is -0.514. The van der Waals surface area contributed by atoms with E-state index in [4.69, 9.17) is 0 Å². The van der Waals surface area contributed by atoms with Gasteiger partial charge in [0.15, 0.2) is 5.69 Å². The van der Waals surface area contributed by atoms with Crippen LogP contribution < -0.4 is 5.56 Å². The second kappa shape index (κ2) is 12.4. The molecule has 1 heterocycles. The van der Waals surface area contributed by atoms with Gasteiger partial charge in [0.25, 0.3) is 5.56 Å². The second-order valence-corrected chi connectivity index (χ2v) is 8.28. The maximum absolute atomic E-state index is 12.5. The molecule has 3 rings (SSSR count). The van der Waals surface area contributed by atoms with E-state index in [-0.39, 0.29) is 17.1 Å². The number of unbranched alkanes of at least 4 members (excludes halogenated alkanes) is 2. The average Bonchev–Trinajstić information content (AvgIpc) is 2.87. The standard InChI is InChI=1S/C27H30N6O2/c1-4-6-8-20-9-11-21(12-10-20)29-30-22-13-15-23(16-14-22)31-32-25-19(3)24(18-28)26(34)33(27(25)35)17-7-5-2/h9-16,35H,4-8,17H2,1-3H3/b30-29+,32-31+. The molecule has 0 aliphatic rings. The Morgan fingerprint density at radius 2 is 1.37 bits per heavy atom. The van der Waals surface area contributed by atoms with E-state index in [0.717, 1.165) is 18.5 Å². The highest BCUT2D eigenvalue weighted by molar-refractivity contribution is 5.59. The number of aromatic nitrogens is 1. The van der Waals surface area contributed by atoms with E-state index in [0.29, 0.717) is 29.9 Å². The molecule has 8 nitrogen and oxygen atoms in total. The molecule has 3 aromatic rings. The fourth-order valence-electron chi connectivity index (χ4n) is 3.50. The number of pyridine rings is 1. The Kier molecular flexibility index (Phi) is 9.02. The van der Waals surface area contributed by atoms with E-state index in [2.05, 4.69) is 39.5 Å². The van der Waals surface area contributed by atoms with Crippen molar-refractivity contribution in [2.75, 3.05) is 0 Å². The van der Waals surface area contributed by atoms with Gasteiger partial charge in [-0.15, -0.1) is 5.11 Å². The summed E-state index contributed by atoms with van der Waals surface area (Å²) in [6, 6.07) is 17.0. The van der Waals surface area contributed by atoms with Crippen molar-refractivity contribution >= 4 is 22.7 Å². The fourth-order valence-corrected chi connectivity index (χ4v) is 3.50. The topological polar surface area (TPSA) is 115 Å².